The van der Waals surface area contributed by atoms with E-state index >= 15 is 0 Å². The van der Waals surface area contributed by atoms with Crippen LogP contribution in [0.5, 0.6) is 5.75 Å². The third-order valence-electron chi connectivity index (χ3n) is 3.52. The van der Waals surface area contributed by atoms with Crippen molar-refractivity contribution in [3.63, 3.8) is 0 Å². The van der Waals surface area contributed by atoms with Crippen LogP contribution in [0.4, 0.5) is 5.69 Å². The number of carbonyl (C=O) groups excluding carboxylic acids is 1. The van der Waals surface area contributed by atoms with Gasteiger partial charge >= 0.3 is 0 Å². The van der Waals surface area contributed by atoms with Crippen molar-refractivity contribution in [1.82, 2.24) is 10.4 Å². The predicted octanol–water partition coefficient (Wildman–Crippen LogP) is 1.73. The molecular weight excluding hydrogens is 342 g/mol. The molecule has 0 aliphatic rings. The summed E-state index contributed by atoms with van der Waals surface area (Å²) in [6, 6.07) is 12.6. The number of nitrogens with zero attached hydrogens (tertiary/aromatic N) is 2. The average molecular weight is 363 g/mol. The largest absolute Gasteiger partial charge is 0.495 e. The molecule has 0 radical (unpaired) electrons. The first-order valence-electron chi connectivity index (χ1n) is 7.47. The summed E-state index contributed by atoms with van der Waals surface area (Å²) in [7, 11) is 2.55. The molecule has 8 heteroatoms. The molecule has 2 rings (SSSR count). The molecule has 0 aliphatic heterocycles. The van der Waals surface area contributed by atoms with Gasteiger partial charge in [0.1, 0.15) is 5.75 Å². The first kappa shape index (κ1) is 18.8. The zero-order chi connectivity index (χ0) is 18.6. The highest BCUT2D eigenvalue weighted by Gasteiger charge is 2.23. The lowest BCUT2D eigenvalue weighted by molar-refractivity contribution is 0.0857. The second-order valence-electron chi connectivity index (χ2n) is 5.50. The summed E-state index contributed by atoms with van der Waals surface area (Å²) in [6.45, 7) is 0. The summed E-state index contributed by atoms with van der Waals surface area (Å²) in [5.41, 5.74) is 3.40. The summed E-state index contributed by atoms with van der Waals surface area (Å²) >= 11 is 0. The van der Waals surface area contributed by atoms with E-state index < -0.39 is 10.0 Å². The Morgan fingerprint density at radius 3 is 2.16 bits per heavy atom. The third kappa shape index (κ3) is 4.09. The van der Waals surface area contributed by atoms with Crippen LogP contribution in [0.2, 0.25) is 0 Å². The van der Waals surface area contributed by atoms with Gasteiger partial charge in [-0.1, -0.05) is 12.1 Å². The molecule has 0 saturated heterocycles. The van der Waals surface area contributed by atoms with Gasteiger partial charge in [0.25, 0.3) is 15.9 Å². The van der Waals surface area contributed by atoms with Crippen LogP contribution < -0.4 is 14.5 Å². The van der Waals surface area contributed by atoms with Crippen molar-refractivity contribution in [3.8, 4) is 5.75 Å². The zero-order valence-corrected chi connectivity index (χ0v) is 15.4. The van der Waals surface area contributed by atoms with Gasteiger partial charge in [-0.3, -0.25) is 14.5 Å². The summed E-state index contributed by atoms with van der Waals surface area (Å²) in [6.07, 6.45) is 0. The maximum atomic E-state index is 12.8. The van der Waals surface area contributed by atoms with Gasteiger partial charge in [-0.25, -0.2) is 13.4 Å². The number of rotatable bonds is 6. The van der Waals surface area contributed by atoms with Crippen molar-refractivity contribution in [1.29, 1.82) is 0 Å². The molecule has 134 valence electrons. The summed E-state index contributed by atoms with van der Waals surface area (Å²) < 4.78 is 32.0. The lowest BCUT2D eigenvalue weighted by atomic mass is 10.2. The lowest BCUT2D eigenvalue weighted by Gasteiger charge is -2.21. The van der Waals surface area contributed by atoms with E-state index in [1.54, 1.807) is 38.4 Å². The molecule has 0 unspecified atom stereocenters. The van der Waals surface area contributed by atoms with Gasteiger partial charge in [0, 0.05) is 26.7 Å². The summed E-state index contributed by atoms with van der Waals surface area (Å²) in [5.74, 6) is 0.141. The first-order valence-corrected chi connectivity index (χ1v) is 8.91. The van der Waals surface area contributed by atoms with Crippen LogP contribution >= 0.6 is 0 Å². The smallest absolute Gasteiger partial charge is 0.265 e. The van der Waals surface area contributed by atoms with Gasteiger partial charge in [0.2, 0.25) is 0 Å². The van der Waals surface area contributed by atoms with E-state index in [1.165, 1.54) is 43.4 Å². The maximum Gasteiger partial charge on any atom is 0.265 e. The van der Waals surface area contributed by atoms with Crippen LogP contribution in [0.25, 0.3) is 0 Å². The standard InChI is InChI=1S/C17H21N3O4S/c1-19(2)18-17(21)13-9-11-14(12-10-13)25(22,23)20(3)15-7-5-6-8-16(15)24-4/h5-12H,1-4H3,(H,18,21). The topological polar surface area (TPSA) is 78.9 Å². The number of ether oxygens (including phenoxy) is 1. The monoisotopic (exact) mass is 363 g/mol. The Hall–Kier alpha value is -2.58. The van der Waals surface area contributed by atoms with E-state index in [0.29, 0.717) is 17.0 Å². The maximum absolute atomic E-state index is 12.8. The number of carbonyl (C=O) groups is 1. The van der Waals surface area contributed by atoms with Gasteiger partial charge < -0.3 is 4.74 Å². The minimum atomic E-state index is -3.78. The Kier molecular flexibility index (Phi) is 5.66. The van der Waals surface area contributed by atoms with E-state index in [1.807, 2.05) is 0 Å². The van der Waals surface area contributed by atoms with Crippen LogP contribution in [-0.2, 0) is 10.0 Å². The van der Waals surface area contributed by atoms with Gasteiger partial charge in [0.15, 0.2) is 0 Å². The fourth-order valence-corrected chi connectivity index (χ4v) is 3.43. The van der Waals surface area contributed by atoms with E-state index in [-0.39, 0.29) is 10.8 Å². The third-order valence-corrected chi connectivity index (χ3v) is 5.31. The fourth-order valence-electron chi connectivity index (χ4n) is 2.22. The molecule has 0 atom stereocenters. The number of para-hydroxylation sites is 2. The van der Waals surface area contributed by atoms with Crippen molar-refractivity contribution in [3.05, 3.63) is 54.1 Å². The van der Waals surface area contributed by atoms with E-state index in [0.717, 1.165) is 4.31 Å². The Morgan fingerprint density at radius 2 is 1.60 bits per heavy atom. The number of anilines is 1. The molecular formula is C17H21N3O4S. The van der Waals surface area contributed by atoms with Gasteiger partial charge in [-0.05, 0) is 36.4 Å². The first-order chi connectivity index (χ1) is 11.8. The zero-order valence-electron chi connectivity index (χ0n) is 14.6. The second-order valence-corrected chi connectivity index (χ2v) is 7.47. The Labute approximate surface area is 147 Å². The molecule has 1 N–H and O–H groups in total. The molecule has 0 aromatic heterocycles. The molecule has 0 saturated carbocycles. The Bertz CT molecular complexity index is 848. The minimum absolute atomic E-state index is 0.0855. The van der Waals surface area contributed by atoms with Crippen LogP contribution in [0.15, 0.2) is 53.4 Å². The fraction of sp³-hybridized carbons (Fsp3) is 0.235. The number of hydrogen-bond acceptors (Lipinski definition) is 5. The Morgan fingerprint density at radius 1 is 1.00 bits per heavy atom. The summed E-state index contributed by atoms with van der Waals surface area (Å²) in [5, 5.41) is 1.52. The van der Waals surface area contributed by atoms with E-state index in [9.17, 15) is 13.2 Å². The van der Waals surface area contributed by atoms with Crippen molar-refractivity contribution in [2.24, 2.45) is 0 Å². The van der Waals surface area contributed by atoms with Crippen LogP contribution in [0.3, 0.4) is 0 Å². The Balaban J connectivity index is 2.32. The molecule has 1 amide bonds. The molecule has 0 bridgehead atoms. The number of benzene rings is 2. The molecule has 2 aromatic rings. The highest BCUT2D eigenvalue weighted by atomic mass is 32.2. The molecule has 2 aromatic carbocycles. The predicted molar refractivity (Wildman–Crippen MR) is 96.2 cm³/mol. The highest BCUT2D eigenvalue weighted by Crippen LogP contribution is 2.30. The minimum Gasteiger partial charge on any atom is -0.495 e. The number of amides is 1. The van der Waals surface area contributed by atoms with E-state index in [4.69, 9.17) is 4.74 Å². The molecule has 7 nitrogen and oxygen atoms in total. The molecule has 0 spiro atoms. The number of nitrogens with one attached hydrogen (secondary N) is 1. The number of methoxy groups -OCH3 is 1. The molecule has 25 heavy (non-hydrogen) atoms. The lowest BCUT2D eigenvalue weighted by Crippen LogP contribution is -2.36. The average Bonchev–Trinajstić information content (AvgIpc) is 2.60. The van der Waals surface area contributed by atoms with Crippen LogP contribution in [0.1, 0.15) is 10.4 Å². The molecule has 0 fully saturated rings. The van der Waals surface area contributed by atoms with E-state index in [2.05, 4.69) is 5.43 Å². The van der Waals surface area contributed by atoms with Crippen molar-refractivity contribution >= 4 is 21.6 Å². The molecule has 0 heterocycles. The van der Waals surface area contributed by atoms with Crippen molar-refractivity contribution in [2.45, 2.75) is 4.90 Å². The highest BCUT2D eigenvalue weighted by molar-refractivity contribution is 7.92. The normalized spacial score (nSPS) is 11.2. The van der Waals surface area contributed by atoms with Gasteiger partial charge in [-0.15, -0.1) is 0 Å². The van der Waals surface area contributed by atoms with Crippen LogP contribution in [0, 0.1) is 0 Å². The van der Waals surface area contributed by atoms with Crippen molar-refractivity contribution < 1.29 is 17.9 Å². The number of hydrazine groups is 1. The van der Waals surface area contributed by atoms with Gasteiger partial charge in [0.05, 0.1) is 17.7 Å². The SMILES string of the molecule is COc1ccccc1N(C)S(=O)(=O)c1ccc(C(=O)NN(C)C)cc1. The quantitative estimate of drug-likeness (QED) is 0.791. The number of hydrogen-bond donors (Lipinski definition) is 1. The van der Waals surface area contributed by atoms with Gasteiger partial charge in [-0.2, -0.15) is 0 Å². The second kappa shape index (κ2) is 7.54. The summed E-state index contributed by atoms with van der Waals surface area (Å²) in [4.78, 5) is 12.0. The van der Waals surface area contributed by atoms with Crippen molar-refractivity contribution in [2.75, 3.05) is 32.6 Å². The molecule has 0 aliphatic carbocycles. The number of sulfonamides is 1. The van der Waals surface area contributed by atoms with Crippen LogP contribution in [-0.4, -0.2) is 47.6 Å².